The van der Waals surface area contributed by atoms with Crippen molar-refractivity contribution in [2.24, 2.45) is 7.05 Å². The lowest BCUT2D eigenvalue weighted by molar-refractivity contribution is -2.00. The first-order valence-electron chi connectivity index (χ1n) is 8.74. The summed E-state index contributed by atoms with van der Waals surface area (Å²) >= 11 is 0. The van der Waals surface area contributed by atoms with E-state index in [4.69, 9.17) is 18.6 Å². The summed E-state index contributed by atoms with van der Waals surface area (Å²) in [5.74, 6) is 0. The van der Waals surface area contributed by atoms with E-state index in [-0.39, 0.29) is 5.41 Å². The van der Waals surface area contributed by atoms with Gasteiger partial charge in [-0.05, 0) is 23.3 Å². The number of halogens is 1. The molecule has 148 valence electrons. The minimum absolute atomic E-state index is 0.0864. The number of benzene rings is 2. The maximum atomic E-state index is 8.49. The Bertz CT molecular complexity index is 896. The maximum absolute atomic E-state index is 8.49. The quantitative estimate of drug-likeness (QED) is 0.580. The van der Waals surface area contributed by atoms with E-state index in [0.717, 1.165) is 0 Å². The number of aromatic nitrogens is 1. The normalized spacial score (nSPS) is 11.6. The summed E-state index contributed by atoms with van der Waals surface area (Å²) in [4.78, 5) is 0. The third-order valence-electron chi connectivity index (χ3n) is 4.25. The average Bonchev–Trinajstić information content (AvgIpc) is 2.61. The van der Waals surface area contributed by atoms with E-state index in [1.807, 2.05) is 0 Å². The molecule has 0 N–H and O–H groups in total. The van der Waals surface area contributed by atoms with Crippen molar-refractivity contribution < 1.29 is 33.4 Å². The van der Waals surface area contributed by atoms with E-state index < -0.39 is 10.2 Å². The molecule has 1 aromatic heterocycles. The van der Waals surface area contributed by atoms with E-state index in [9.17, 15) is 0 Å². The molecule has 1 heterocycles. The molecule has 28 heavy (non-hydrogen) atoms. The molecule has 0 fully saturated rings. The molecule has 0 radical (unpaired) electrons. The molecule has 0 aliphatic rings. The van der Waals surface area contributed by atoms with Crippen LogP contribution in [0.25, 0.3) is 22.4 Å². The summed E-state index contributed by atoms with van der Waals surface area (Å²) in [5, 5.41) is 0. The highest BCUT2D eigenvalue weighted by Crippen LogP contribution is 2.29. The van der Waals surface area contributed by atoms with Crippen LogP contribution in [0, 0.1) is 10.2 Å². The van der Waals surface area contributed by atoms with Gasteiger partial charge in [0.1, 0.15) is 7.05 Å². The van der Waals surface area contributed by atoms with Gasteiger partial charge in [0.05, 0.1) is 0 Å². The monoisotopic (exact) mass is 401 g/mol. The molecule has 0 saturated carbocycles. The molecule has 5 nitrogen and oxygen atoms in total. The Labute approximate surface area is 167 Å². The zero-order valence-corrected chi connectivity index (χ0v) is 17.1. The molecule has 0 unspecified atom stereocenters. The number of nitrogens with zero attached hydrogens (tertiary/aromatic N) is 1. The first-order chi connectivity index (χ1) is 13.0. The third kappa shape index (κ3) is 6.41. The van der Waals surface area contributed by atoms with Gasteiger partial charge < -0.3 is 0 Å². The van der Waals surface area contributed by atoms with Gasteiger partial charge in [-0.3, -0.25) is 0 Å². The summed E-state index contributed by atoms with van der Waals surface area (Å²) in [5.41, 5.74) is 6.44. The van der Waals surface area contributed by atoms with Crippen molar-refractivity contribution in [3.05, 3.63) is 78.5 Å². The van der Waals surface area contributed by atoms with Gasteiger partial charge in [-0.2, -0.15) is 4.57 Å². The van der Waals surface area contributed by atoms with Gasteiger partial charge in [-0.1, -0.05) is 69.3 Å². The number of hydrogen-bond acceptors (Lipinski definition) is 4. The largest absolute Gasteiger partial charge is 0.222 e. The van der Waals surface area contributed by atoms with Crippen LogP contribution in [0.5, 0.6) is 0 Å². The molecular formula is C22H24ClNO4. The van der Waals surface area contributed by atoms with Crippen molar-refractivity contribution in [1.29, 1.82) is 0 Å². The van der Waals surface area contributed by atoms with Crippen LogP contribution in [0.15, 0.2) is 72.8 Å². The van der Waals surface area contributed by atoms with E-state index >= 15 is 0 Å². The Hall–Kier alpha value is -2.28. The van der Waals surface area contributed by atoms with Crippen LogP contribution in [0.3, 0.4) is 0 Å². The van der Waals surface area contributed by atoms with E-state index in [0.29, 0.717) is 0 Å². The first-order valence-corrected chi connectivity index (χ1v) is 9.97. The Morgan fingerprint density at radius 2 is 1.11 bits per heavy atom. The fourth-order valence-electron chi connectivity index (χ4n) is 3.06. The van der Waals surface area contributed by atoms with Crippen molar-refractivity contribution in [2.75, 3.05) is 0 Å². The second-order valence-corrected chi connectivity index (χ2v) is 8.19. The molecule has 0 spiro atoms. The fraction of sp³-hybridized carbons (Fsp3) is 0.227. The van der Waals surface area contributed by atoms with Crippen LogP contribution >= 0.6 is 0 Å². The Morgan fingerprint density at radius 1 is 0.679 bits per heavy atom. The Morgan fingerprint density at radius 3 is 1.54 bits per heavy atom. The highest BCUT2D eigenvalue weighted by molar-refractivity contribution is 5.69. The lowest BCUT2D eigenvalue weighted by Crippen LogP contribution is -2.68. The number of pyridine rings is 1. The molecule has 3 rings (SSSR count). The summed E-state index contributed by atoms with van der Waals surface area (Å²) < 4.78 is 36.3. The van der Waals surface area contributed by atoms with Gasteiger partial charge in [0.25, 0.3) is 0 Å². The second kappa shape index (κ2) is 8.82. The molecule has 2 aromatic carbocycles. The Balaban J connectivity index is 0.000000500. The van der Waals surface area contributed by atoms with Crippen LogP contribution < -0.4 is 23.2 Å². The predicted octanol–water partition coefficient (Wildman–Crippen LogP) is 0.387. The molecule has 0 atom stereocenters. The van der Waals surface area contributed by atoms with Gasteiger partial charge in [0, 0.05) is 23.1 Å². The maximum Gasteiger partial charge on any atom is 0.213 e. The molecular weight excluding hydrogens is 378 g/mol. The van der Waals surface area contributed by atoms with E-state index in [1.165, 1.54) is 28.1 Å². The van der Waals surface area contributed by atoms with Crippen LogP contribution in [0.2, 0.25) is 0 Å². The molecule has 0 saturated heterocycles. The summed E-state index contributed by atoms with van der Waals surface area (Å²) in [6.07, 6.45) is 0. The van der Waals surface area contributed by atoms with Gasteiger partial charge in [0.2, 0.25) is 5.69 Å². The molecule has 0 amide bonds. The van der Waals surface area contributed by atoms with Crippen molar-refractivity contribution >= 4 is 0 Å². The summed E-state index contributed by atoms with van der Waals surface area (Å²) in [6.45, 7) is 6.81. The topological polar surface area (TPSA) is 96.1 Å². The summed E-state index contributed by atoms with van der Waals surface area (Å²) in [6, 6.07) is 25.8. The highest BCUT2D eigenvalue weighted by Gasteiger charge is 2.27. The van der Waals surface area contributed by atoms with Crippen LogP contribution in [-0.4, -0.2) is 0 Å². The third-order valence-corrected chi connectivity index (χ3v) is 4.25. The zero-order chi connectivity index (χ0) is 20.9. The second-order valence-electron chi connectivity index (χ2n) is 7.43. The van der Waals surface area contributed by atoms with Crippen molar-refractivity contribution in [1.82, 2.24) is 0 Å². The van der Waals surface area contributed by atoms with Crippen molar-refractivity contribution in [3.8, 4) is 22.4 Å². The summed E-state index contributed by atoms with van der Waals surface area (Å²) in [7, 11) is -2.78. The predicted molar refractivity (Wildman–Crippen MR) is 97.2 cm³/mol. The van der Waals surface area contributed by atoms with Crippen LogP contribution in [0.1, 0.15) is 26.5 Å². The standard InChI is InChI=1S/C22H24N.ClHO4/c1-22(2,3)21-16-19(17-11-7-5-8-12-17)15-20(23(21)4)18-13-9-6-10-14-18;2-1(3,4)5/h5-16H,1-4H3;(H,2,3,4,5)/q+1;/p-1. The smallest absolute Gasteiger partial charge is 0.213 e. The lowest BCUT2D eigenvalue weighted by Gasteiger charge is -2.19. The van der Waals surface area contributed by atoms with Gasteiger partial charge in [-0.15, -0.1) is 10.2 Å². The molecule has 0 aliphatic carbocycles. The first kappa shape index (κ1) is 22.0. The van der Waals surface area contributed by atoms with E-state index in [1.54, 1.807) is 0 Å². The number of rotatable bonds is 2. The van der Waals surface area contributed by atoms with Crippen molar-refractivity contribution in [3.63, 3.8) is 0 Å². The van der Waals surface area contributed by atoms with E-state index in [2.05, 4.69) is 105 Å². The highest BCUT2D eigenvalue weighted by atomic mass is 35.7. The minimum Gasteiger partial charge on any atom is -0.222 e. The van der Waals surface area contributed by atoms with Crippen molar-refractivity contribution in [2.45, 2.75) is 26.2 Å². The molecule has 0 aliphatic heterocycles. The average molecular weight is 402 g/mol. The number of hydrogen-bond donors (Lipinski definition) is 0. The Kier molecular flexibility index (Phi) is 6.93. The molecule has 0 bridgehead atoms. The fourth-order valence-corrected chi connectivity index (χ4v) is 3.06. The SMILES string of the molecule is C[n+]1c(-c2ccccc2)cc(-c2ccccc2)cc1C(C)(C)C.[O-][Cl+3]([O-])([O-])[O-]. The van der Waals surface area contributed by atoms with Crippen LogP contribution in [0.4, 0.5) is 0 Å². The zero-order valence-electron chi connectivity index (χ0n) is 16.4. The molecule has 6 heteroatoms. The minimum atomic E-state index is -4.94. The van der Waals surface area contributed by atoms with Gasteiger partial charge in [0.15, 0.2) is 5.69 Å². The van der Waals surface area contributed by atoms with Gasteiger partial charge >= 0.3 is 0 Å². The lowest BCUT2D eigenvalue weighted by atomic mass is 9.88. The molecule has 3 aromatic rings. The van der Waals surface area contributed by atoms with Crippen LogP contribution in [-0.2, 0) is 12.5 Å². The van der Waals surface area contributed by atoms with Gasteiger partial charge in [-0.25, -0.2) is 18.6 Å².